The third-order valence-electron chi connectivity index (χ3n) is 6.88. The number of hydrogen-bond acceptors (Lipinski definition) is 7. The van der Waals surface area contributed by atoms with Crippen LogP contribution in [-0.4, -0.2) is 63.2 Å². The fourth-order valence-corrected chi connectivity index (χ4v) is 4.71. The van der Waals surface area contributed by atoms with Crippen molar-refractivity contribution >= 4 is 23.1 Å². The number of ether oxygens (including phenoxy) is 1. The number of piperazine rings is 1. The molecule has 1 fully saturated rings. The molecule has 1 saturated heterocycles. The molecule has 8 heteroatoms. The van der Waals surface area contributed by atoms with E-state index in [9.17, 15) is 4.79 Å². The molecule has 37 heavy (non-hydrogen) atoms. The zero-order valence-electron chi connectivity index (χ0n) is 21.7. The molecule has 3 aromatic rings. The highest BCUT2D eigenvalue weighted by molar-refractivity contribution is 6.05. The molecule has 192 valence electrons. The van der Waals surface area contributed by atoms with Crippen molar-refractivity contribution in [1.29, 1.82) is 0 Å². The number of amides is 1. The third-order valence-corrected chi connectivity index (χ3v) is 6.88. The maximum Gasteiger partial charge on any atom is 0.255 e. The number of hydrogen-bond donors (Lipinski definition) is 2. The third kappa shape index (κ3) is 5.45. The fraction of sp³-hybridized carbons (Fsp3) is 0.310. The number of carbonyl (C=O) groups excluding carboxylic acids is 1. The van der Waals surface area contributed by atoms with Crippen LogP contribution in [0.1, 0.15) is 28.4 Å². The van der Waals surface area contributed by atoms with Crippen LogP contribution in [-0.2, 0) is 4.84 Å². The number of likely N-dealkylation sites (N-methyl/N-ethyl adjacent to an activating group) is 1. The number of nitrogens with one attached hydrogen (secondary N) is 2. The first-order chi connectivity index (χ1) is 17.9. The van der Waals surface area contributed by atoms with E-state index in [0.29, 0.717) is 5.56 Å². The van der Waals surface area contributed by atoms with E-state index in [1.54, 1.807) is 7.11 Å². The summed E-state index contributed by atoms with van der Waals surface area (Å²) in [4.78, 5) is 27.4. The van der Waals surface area contributed by atoms with Crippen molar-refractivity contribution in [2.24, 2.45) is 4.99 Å². The number of methoxy groups -OCH3 is 1. The van der Waals surface area contributed by atoms with Gasteiger partial charge in [0.2, 0.25) is 0 Å². The van der Waals surface area contributed by atoms with Gasteiger partial charge in [-0.15, -0.1) is 0 Å². The van der Waals surface area contributed by atoms with Crippen molar-refractivity contribution in [3.05, 3.63) is 77.4 Å². The van der Waals surface area contributed by atoms with Crippen LogP contribution >= 0.6 is 0 Å². The fourth-order valence-electron chi connectivity index (χ4n) is 4.71. The molecule has 2 heterocycles. The Morgan fingerprint density at radius 1 is 1.03 bits per heavy atom. The Kier molecular flexibility index (Phi) is 7.12. The van der Waals surface area contributed by atoms with Crippen molar-refractivity contribution in [3.8, 4) is 16.9 Å². The van der Waals surface area contributed by atoms with Crippen LogP contribution in [0.4, 0.5) is 11.4 Å². The Hall–Kier alpha value is -3.88. The first-order valence-electron chi connectivity index (χ1n) is 12.5. The number of anilines is 2. The van der Waals surface area contributed by atoms with E-state index in [1.807, 2.05) is 55.5 Å². The van der Waals surface area contributed by atoms with Gasteiger partial charge in [0.25, 0.3) is 5.91 Å². The summed E-state index contributed by atoms with van der Waals surface area (Å²) in [6.45, 7) is 7.79. The molecule has 2 N–H and O–H groups in total. The molecule has 0 radical (unpaired) electrons. The highest BCUT2D eigenvalue weighted by Crippen LogP contribution is 2.32. The van der Waals surface area contributed by atoms with Crippen LogP contribution in [0, 0.1) is 6.92 Å². The molecule has 1 unspecified atom stereocenters. The van der Waals surface area contributed by atoms with Gasteiger partial charge in [-0.25, -0.2) is 15.3 Å². The summed E-state index contributed by atoms with van der Waals surface area (Å²) in [7, 11) is 3.81. The number of nitrogens with zero attached hydrogens (tertiary/aromatic N) is 3. The zero-order chi connectivity index (χ0) is 25.9. The maximum atomic E-state index is 13.0. The summed E-state index contributed by atoms with van der Waals surface area (Å²) in [5, 5.41) is 3.05. The lowest BCUT2D eigenvalue weighted by Crippen LogP contribution is -2.44. The average Bonchev–Trinajstić information content (AvgIpc) is 3.35. The van der Waals surface area contributed by atoms with Gasteiger partial charge in [-0.05, 0) is 74.0 Å². The van der Waals surface area contributed by atoms with Crippen LogP contribution in [0.25, 0.3) is 11.1 Å². The Balaban J connectivity index is 1.29. The van der Waals surface area contributed by atoms with Crippen molar-refractivity contribution < 1.29 is 14.4 Å². The van der Waals surface area contributed by atoms with Crippen molar-refractivity contribution in [2.45, 2.75) is 20.1 Å². The predicted octanol–water partition coefficient (Wildman–Crippen LogP) is 4.30. The second-order valence-corrected chi connectivity index (χ2v) is 9.54. The molecule has 0 aliphatic carbocycles. The minimum Gasteiger partial charge on any atom is -0.495 e. The first kappa shape index (κ1) is 24.8. The topological polar surface area (TPSA) is 78.4 Å². The first-order valence-corrected chi connectivity index (χ1v) is 12.5. The lowest BCUT2D eigenvalue weighted by Gasteiger charge is -2.34. The normalized spacial score (nSPS) is 17.8. The molecule has 5 rings (SSSR count). The van der Waals surface area contributed by atoms with Crippen LogP contribution in [0.15, 0.2) is 65.7 Å². The van der Waals surface area contributed by atoms with Crippen LogP contribution in [0.5, 0.6) is 5.75 Å². The molecule has 0 spiro atoms. The van der Waals surface area contributed by atoms with E-state index in [1.165, 1.54) is 0 Å². The summed E-state index contributed by atoms with van der Waals surface area (Å²) in [6, 6.07) is 19.7. The number of aliphatic imine (C=N–C) groups is 1. The number of amidine groups is 1. The van der Waals surface area contributed by atoms with Gasteiger partial charge in [-0.1, -0.05) is 24.3 Å². The summed E-state index contributed by atoms with van der Waals surface area (Å²) >= 11 is 0. The number of aryl methyl sites for hydroxylation is 1. The predicted molar refractivity (Wildman–Crippen MR) is 147 cm³/mol. The zero-order valence-corrected chi connectivity index (χ0v) is 21.7. The summed E-state index contributed by atoms with van der Waals surface area (Å²) in [5.41, 5.74) is 9.48. The molecule has 2 aliphatic rings. The number of rotatable bonds is 6. The summed E-state index contributed by atoms with van der Waals surface area (Å²) < 4.78 is 5.59. The number of hydroxylamine groups is 1. The molecule has 0 aromatic heterocycles. The van der Waals surface area contributed by atoms with Gasteiger partial charge in [0.1, 0.15) is 5.75 Å². The summed E-state index contributed by atoms with van der Waals surface area (Å²) in [6.07, 6.45) is -0.190. The number of carbonyl (C=O) groups is 1. The molecule has 0 saturated carbocycles. The molecule has 2 aliphatic heterocycles. The monoisotopic (exact) mass is 499 g/mol. The van der Waals surface area contributed by atoms with Crippen LogP contribution in [0.2, 0.25) is 0 Å². The molecule has 8 nitrogen and oxygen atoms in total. The standard InChI is InChI=1S/C29H33N5O3/c1-19-17-23(28-30-20(2)37-32-28)9-11-25(19)21-5-7-22(8-6-21)29(35)31-24-10-12-27(36-4)26(18-24)34-15-13-33(3)14-16-34/h5-12,17-18,20H,13-16H2,1-4H3,(H,30,32)(H,31,35). The van der Waals surface area contributed by atoms with E-state index in [4.69, 9.17) is 9.57 Å². The van der Waals surface area contributed by atoms with Gasteiger partial charge in [0.05, 0.1) is 12.8 Å². The Morgan fingerprint density at radius 3 is 2.41 bits per heavy atom. The highest BCUT2D eigenvalue weighted by Gasteiger charge is 2.19. The van der Waals surface area contributed by atoms with Crippen LogP contribution in [0.3, 0.4) is 0 Å². The Bertz CT molecular complexity index is 1310. The summed E-state index contributed by atoms with van der Waals surface area (Å²) in [5.74, 6) is 1.40. The van der Waals surface area contributed by atoms with Gasteiger partial charge in [-0.2, -0.15) is 0 Å². The van der Waals surface area contributed by atoms with Crippen molar-refractivity contribution in [1.82, 2.24) is 10.4 Å². The van der Waals surface area contributed by atoms with Gasteiger partial charge in [0.15, 0.2) is 12.1 Å². The smallest absolute Gasteiger partial charge is 0.255 e. The lowest BCUT2D eigenvalue weighted by atomic mass is 9.97. The second kappa shape index (κ2) is 10.6. The average molecular weight is 500 g/mol. The molecule has 0 bridgehead atoms. The van der Waals surface area contributed by atoms with E-state index < -0.39 is 0 Å². The Morgan fingerprint density at radius 2 is 1.76 bits per heavy atom. The maximum absolute atomic E-state index is 13.0. The van der Waals surface area contributed by atoms with Gasteiger partial charge in [-0.3, -0.25) is 4.79 Å². The van der Waals surface area contributed by atoms with Gasteiger partial charge in [0, 0.05) is 43.0 Å². The van der Waals surface area contributed by atoms with Crippen molar-refractivity contribution in [3.63, 3.8) is 0 Å². The number of benzene rings is 3. The molecular formula is C29H33N5O3. The minimum absolute atomic E-state index is 0.146. The SMILES string of the molecule is COc1ccc(NC(=O)c2ccc(-c3ccc(C4=NC(C)ON4)cc3C)cc2)cc1N1CCN(C)CC1. The second-order valence-electron chi connectivity index (χ2n) is 9.54. The van der Waals surface area contributed by atoms with E-state index in [0.717, 1.165) is 71.4 Å². The van der Waals surface area contributed by atoms with E-state index in [2.05, 4.69) is 51.7 Å². The van der Waals surface area contributed by atoms with Crippen LogP contribution < -0.4 is 20.4 Å². The molecule has 1 amide bonds. The molecular weight excluding hydrogens is 466 g/mol. The minimum atomic E-state index is -0.190. The largest absolute Gasteiger partial charge is 0.495 e. The quantitative estimate of drug-likeness (QED) is 0.527. The van der Waals surface area contributed by atoms with E-state index in [-0.39, 0.29) is 12.1 Å². The van der Waals surface area contributed by atoms with Gasteiger partial charge < -0.3 is 19.9 Å². The molecule has 1 atom stereocenters. The Labute approximate surface area is 217 Å². The highest BCUT2D eigenvalue weighted by atomic mass is 16.7. The van der Waals surface area contributed by atoms with Crippen molar-refractivity contribution in [2.75, 3.05) is 50.6 Å². The lowest BCUT2D eigenvalue weighted by molar-refractivity contribution is 0.0504. The van der Waals surface area contributed by atoms with E-state index >= 15 is 0 Å². The molecule has 3 aromatic carbocycles. The van der Waals surface area contributed by atoms with Gasteiger partial charge >= 0.3 is 0 Å².